The minimum absolute atomic E-state index is 0.0724. The van der Waals surface area contributed by atoms with Gasteiger partial charge in [-0.05, 0) is 43.1 Å². The third-order valence-corrected chi connectivity index (χ3v) is 3.02. The fourth-order valence-electron chi connectivity index (χ4n) is 2.08. The van der Waals surface area contributed by atoms with Gasteiger partial charge in [-0.1, -0.05) is 13.0 Å². The van der Waals surface area contributed by atoms with E-state index in [0.717, 1.165) is 29.8 Å². The maximum Gasteiger partial charge on any atom is 0.141 e. The number of aromatic nitrogens is 2. The van der Waals surface area contributed by atoms with Crippen molar-refractivity contribution in [2.24, 2.45) is 0 Å². The highest BCUT2D eigenvalue weighted by Gasteiger charge is 2.16. The normalized spacial score (nSPS) is 12.4. The predicted octanol–water partition coefficient (Wildman–Crippen LogP) is 3.01. The van der Waals surface area contributed by atoms with E-state index < -0.39 is 0 Å². The number of nitrogens with zero attached hydrogens (tertiary/aromatic N) is 2. The molecule has 2 aromatic rings. The van der Waals surface area contributed by atoms with Gasteiger partial charge in [-0.15, -0.1) is 0 Å². The van der Waals surface area contributed by atoms with E-state index in [9.17, 15) is 4.39 Å². The van der Waals surface area contributed by atoms with Gasteiger partial charge in [0.25, 0.3) is 0 Å². The molecule has 0 aromatic carbocycles. The molecule has 2 heterocycles. The minimum Gasteiger partial charge on any atom is -0.306 e. The second kappa shape index (κ2) is 6.38. The standard InChI is InChI=1S/C15H18FN3/c1-3-6-19-15(12-8-13(16)10-17-9-12)14-5-4-7-18-11(14)2/h4-5,7-10,15,19H,3,6H2,1-2H3. The summed E-state index contributed by atoms with van der Waals surface area (Å²) in [6.45, 7) is 4.92. The van der Waals surface area contributed by atoms with Crippen molar-refractivity contribution >= 4 is 0 Å². The van der Waals surface area contributed by atoms with Crippen molar-refractivity contribution < 1.29 is 4.39 Å². The molecule has 4 heteroatoms. The number of aryl methyl sites for hydroxylation is 1. The predicted molar refractivity (Wildman–Crippen MR) is 73.3 cm³/mol. The molecule has 1 atom stereocenters. The van der Waals surface area contributed by atoms with Gasteiger partial charge >= 0.3 is 0 Å². The van der Waals surface area contributed by atoms with Crippen LogP contribution in [0.3, 0.4) is 0 Å². The molecule has 3 nitrogen and oxygen atoms in total. The van der Waals surface area contributed by atoms with E-state index in [4.69, 9.17) is 0 Å². The van der Waals surface area contributed by atoms with Gasteiger partial charge in [0.15, 0.2) is 0 Å². The Morgan fingerprint density at radius 2 is 2.21 bits per heavy atom. The second-order valence-electron chi connectivity index (χ2n) is 4.50. The molecule has 0 bridgehead atoms. The summed E-state index contributed by atoms with van der Waals surface area (Å²) in [7, 11) is 0. The van der Waals surface area contributed by atoms with E-state index >= 15 is 0 Å². The Hall–Kier alpha value is -1.81. The van der Waals surface area contributed by atoms with Crippen molar-refractivity contribution in [2.45, 2.75) is 26.3 Å². The molecule has 19 heavy (non-hydrogen) atoms. The van der Waals surface area contributed by atoms with Gasteiger partial charge < -0.3 is 5.32 Å². The molecule has 0 aliphatic carbocycles. The van der Waals surface area contributed by atoms with Gasteiger partial charge in [0.05, 0.1) is 12.2 Å². The average Bonchev–Trinajstić information content (AvgIpc) is 2.41. The molecule has 0 radical (unpaired) electrons. The number of pyridine rings is 2. The van der Waals surface area contributed by atoms with Crippen LogP contribution in [0.4, 0.5) is 4.39 Å². The summed E-state index contributed by atoms with van der Waals surface area (Å²) < 4.78 is 13.4. The summed E-state index contributed by atoms with van der Waals surface area (Å²) in [6, 6.07) is 5.36. The van der Waals surface area contributed by atoms with Gasteiger partial charge in [0.1, 0.15) is 5.82 Å². The van der Waals surface area contributed by atoms with Crippen LogP contribution in [-0.2, 0) is 0 Å². The Bertz CT molecular complexity index is 542. The number of halogens is 1. The van der Waals surface area contributed by atoms with Crippen LogP contribution >= 0.6 is 0 Å². The quantitative estimate of drug-likeness (QED) is 0.897. The van der Waals surface area contributed by atoms with Crippen molar-refractivity contribution in [3.63, 3.8) is 0 Å². The molecule has 0 aliphatic heterocycles. The molecule has 1 unspecified atom stereocenters. The molecule has 0 amide bonds. The van der Waals surface area contributed by atoms with E-state index in [-0.39, 0.29) is 11.9 Å². The zero-order chi connectivity index (χ0) is 13.7. The first-order chi connectivity index (χ1) is 9.22. The second-order valence-corrected chi connectivity index (χ2v) is 4.50. The molecule has 2 aromatic heterocycles. The first-order valence-electron chi connectivity index (χ1n) is 6.47. The lowest BCUT2D eigenvalue weighted by Crippen LogP contribution is -2.24. The Labute approximate surface area is 112 Å². The third-order valence-electron chi connectivity index (χ3n) is 3.02. The SMILES string of the molecule is CCCNC(c1cncc(F)c1)c1cccnc1C. The molecule has 0 saturated carbocycles. The molecule has 0 spiro atoms. The highest BCUT2D eigenvalue weighted by molar-refractivity contribution is 5.32. The van der Waals surface area contributed by atoms with Crippen molar-refractivity contribution in [3.8, 4) is 0 Å². The topological polar surface area (TPSA) is 37.8 Å². The highest BCUT2D eigenvalue weighted by Crippen LogP contribution is 2.23. The van der Waals surface area contributed by atoms with Gasteiger partial charge in [-0.25, -0.2) is 4.39 Å². The Morgan fingerprint density at radius 3 is 2.89 bits per heavy atom. The van der Waals surface area contributed by atoms with E-state index in [1.54, 1.807) is 12.4 Å². The van der Waals surface area contributed by atoms with Crippen LogP contribution in [0.2, 0.25) is 0 Å². The molecular weight excluding hydrogens is 241 g/mol. The fraction of sp³-hybridized carbons (Fsp3) is 0.333. The summed E-state index contributed by atoms with van der Waals surface area (Å²) in [4.78, 5) is 8.23. The highest BCUT2D eigenvalue weighted by atomic mass is 19.1. The van der Waals surface area contributed by atoms with Gasteiger partial charge in [-0.3, -0.25) is 9.97 Å². The molecule has 0 saturated heterocycles. The molecule has 0 aliphatic rings. The van der Waals surface area contributed by atoms with E-state index in [1.165, 1.54) is 12.3 Å². The maximum absolute atomic E-state index is 13.4. The van der Waals surface area contributed by atoms with E-state index in [0.29, 0.717) is 0 Å². The maximum atomic E-state index is 13.4. The Morgan fingerprint density at radius 1 is 1.37 bits per heavy atom. The van der Waals surface area contributed by atoms with Gasteiger partial charge in [0.2, 0.25) is 0 Å². The molecular formula is C15H18FN3. The van der Waals surface area contributed by atoms with Crippen LogP contribution < -0.4 is 5.32 Å². The Balaban J connectivity index is 2.38. The zero-order valence-corrected chi connectivity index (χ0v) is 11.2. The number of rotatable bonds is 5. The van der Waals surface area contributed by atoms with Gasteiger partial charge in [-0.2, -0.15) is 0 Å². The van der Waals surface area contributed by atoms with Crippen LogP contribution in [0, 0.1) is 12.7 Å². The van der Waals surface area contributed by atoms with Crippen LogP contribution in [0.15, 0.2) is 36.8 Å². The number of nitrogens with one attached hydrogen (secondary N) is 1. The van der Waals surface area contributed by atoms with Crippen LogP contribution in [0.5, 0.6) is 0 Å². The van der Waals surface area contributed by atoms with Crippen molar-refractivity contribution in [1.29, 1.82) is 0 Å². The third kappa shape index (κ3) is 3.35. The van der Waals surface area contributed by atoms with Crippen molar-refractivity contribution in [2.75, 3.05) is 6.54 Å². The first-order valence-corrected chi connectivity index (χ1v) is 6.47. The van der Waals surface area contributed by atoms with Crippen molar-refractivity contribution in [1.82, 2.24) is 15.3 Å². The van der Waals surface area contributed by atoms with E-state index in [1.807, 2.05) is 19.1 Å². The smallest absolute Gasteiger partial charge is 0.141 e. The van der Waals surface area contributed by atoms with Gasteiger partial charge in [0, 0.05) is 18.1 Å². The average molecular weight is 259 g/mol. The van der Waals surface area contributed by atoms with Crippen LogP contribution in [0.1, 0.15) is 36.2 Å². The molecule has 100 valence electrons. The lowest BCUT2D eigenvalue weighted by Gasteiger charge is -2.20. The summed E-state index contributed by atoms with van der Waals surface area (Å²) in [6.07, 6.45) is 5.69. The first kappa shape index (κ1) is 13.6. The Kier molecular flexibility index (Phi) is 4.58. The largest absolute Gasteiger partial charge is 0.306 e. The molecule has 2 rings (SSSR count). The monoisotopic (exact) mass is 259 g/mol. The lowest BCUT2D eigenvalue weighted by molar-refractivity contribution is 0.577. The fourth-order valence-corrected chi connectivity index (χ4v) is 2.08. The van der Waals surface area contributed by atoms with Crippen molar-refractivity contribution in [3.05, 3.63) is 59.4 Å². The molecule has 1 N–H and O–H groups in total. The van der Waals surface area contributed by atoms with Crippen LogP contribution in [0.25, 0.3) is 0 Å². The minimum atomic E-state index is -0.317. The van der Waals surface area contributed by atoms with E-state index in [2.05, 4.69) is 22.2 Å². The molecule has 0 fully saturated rings. The lowest BCUT2D eigenvalue weighted by atomic mass is 9.99. The summed E-state index contributed by atoms with van der Waals surface area (Å²) >= 11 is 0. The van der Waals surface area contributed by atoms with Crippen LogP contribution in [-0.4, -0.2) is 16.5 Å². The summed E-state index contributed by atoms with van der Waals surface area (Å²) in [5.41, 5.74) is 2.83. The number of hydrogen-bond donors (Lipinski definition) is 1. The summed E-state index contributed by atoms with van der Waals surface area (Å²) in [5, 5.41) is 3.42. The zero-order valence-electron chi connectivity index (χ0n) is 11.2. The number of hydrogen-bond acceptors (Lipinski definition) is 3. The summed E-state index contributed by atoms with van der Waals surface area (Å²) in [5.74, 6) is -0.317.